The molecule has 0 amide bonds. The summed E-state index contributed by atoms with van der Waals surface area (Å²) >= 11 is 9.28. The van der Waals surface area contributed by atoms with Crippen molar-refractivity contribution in [3.63, 3.8) is 0 Å². The summed E-state index contributed by atoms with van der Waals surface area (Å²) in [6, 6.07) is 3.33. The van der Waals surface area contributed by atoms with Gasteiger partial charge in [0.25, 0.3) is 0 Å². The van der Waals surface area contributed by atoms with Gasteiger partial charge in [-0.3, -0.25) is 0 Å². The fourth-order valence-corrected chi connectivity index (χ4v) is 2.21. The first-order valence-corrected chi connectivity index (χ1v) is 6.96. The molecule has 0 aliphatic carbocycles. The highest BCUT2D eigenvalue weighted by Gasteiger charge is 2.14. The largest absolute Gasteiger partial charge is 0.480 e. The van der Waals surface area contributed by atoms with Crippen LogP contribution in [0.15, 0.2) is 12.1 Å². The maximum absolute atomic E-state index is 11.2. The zero-order chi connectivity index (χ0) is 14.4. The first kappa shape index (κ1) is 16.0. The molecule has 0 heterocycles. The SMILES string of the molecule is CCOC(=O)COc1cc(C)c(C(Br)C=O)cc1Cl. The van der Waals surface area contributed by atoms with Crippen molar-refractivity contribution < 1.29 is 19.1 Å². The highest BCUT2D eigenvalue weighted by atomic mass is 79.9. The number of aldehydes is 1. The molecule has 1 unspecified atom stereocenters. The molecule has 0 radical (unpaired) electrons. The maximum atomic E-state index is 11.2. The highest BCUT2D eigenvalue weighted by molar-refractivity contribution is 9.09. The number of alkyl halides is 1. The molecule has 0 aliphatic heterocycles. The van der Waals surface area contributed by atoms with E-state index >= 15 is 0 Å². The molecule has 0 bridgehead atoms. The molecule has 0 spiro atoms. The Morgan fingerprint density at radius 2 is 2.21 bits per heavy atom. The van der Waals surface area contributed by atoms with Crippen molar-refractivity contribution in [2.75, 3.05) is 13.2 Å². The van der Waals surface area contributed by atoms with E-state index in [0.717, 1.165) is 17.4 Å². The smallest absolute Gasteiger partial charge is 0.344 e. The number of carbonyl (C=O) groups excluding carboxylic acids is 2. The summed E-state index contributed by atoms with van der Waals surface area (Å²) in [5.74, 6) is -0.0619. The summed E-state index contributed by atoms with van der Waals surface area (Å²) in [6.07, 6.45) is 0.776. The quantitative estimate of drug-likeness (QED) is 0.449. The van der Waals surface area contributed by atoms with Crippen molar-refractivity contribution >= 4 is 39.8 Å². The van der Waals surface area contributed by atoms with Crippen molar-refractivity contribution in [3.05, 3.63) is 28.3 Å². The molecule has 0 fully saturated rings. The van der Waals surface area contributed by atoms with E-state index in [1.165, 1.54) is 0 Å². The van der Waals surface area contributed by atoms with Gasteiger partial charge in [0.05, 0.1) is 16.5 Å². The Morgan fingerprint density at radius 1 is 1.53 bits per heavy atom. The van der Waals surface area contributed by atoms with Gasteiger partial charge in [-0.05, 0) is 37.1 Å². The lowest BCUT2D eigenvalue weighted by atomic mass is 10.1. The molecule has 0 aliphatic rings. The van der Waals surface area contributed by atoms with Crippen LogP contribution in [0.4, 0.5) is 0 Å². The number of benzene rings is 1. The van der Waals surface area contributed by atoms with Crippen LogP contribution in [-0.4, -0.2) is 25.5 Å². The third-order valence-electron chi connectivity index (χ3n) is 2.39. The Hall–Kier alpha value is -1.07. The van der Waals surface area contributed by atoms with E-state index < -0.39 is 10.8 Å². The summed E-state index contributed by atoms with van der Waals surface area (Å²) in [5, 5.41) is 0.344. The lowest BCUT2D eigenvalue weighted by molar-refractivity contribution is -0.145. The number of hydrogen-bond acceptors (Lipinski definition) is 4. The Balaban J connectivity index is 2.84. The predicted molar refractivity (Wildman–Crippen MR) is 76.0 cm³/mol. The van der Waals surface area contributed by atoms with Crippen LogP contribution in [0, 0.1) is 6.92 Å². The van der Waals surface area contributed by atoms with Gasteiger partial charge in [-0.25, -0.2) is 4.79 Å². The standard InChI is InChI=1S/C13H14BrClO4/c1-3-18-13(17)7-19-12-4-8(2)9(5-11(12)15)10(14)6-16/h4-6,10H,3,7H2,1-2H3. The van der Waals surface area contributed by atoms with Gasteiger partial charge in [-0.2, -0.15) is 0 Å². The summed E-state index contributed by atoms with van der Waals surface area (Å²) < 4.78 is 10.0. The van der Waals surface area contributed by atoms with Crippen molar-refractivity contribution in [2.45, 2.75) is 18.7 Å². The Morgan fingerprint density at radius 3 is 2.79 bits per heavy atom. The number of hydrogen-bond donors (Lipinski definition) is 0. The van der Waals surface area contributed by atoms with Crippen LogP contribution < -0.4 is 4.74 Å². The number of carbonyl (C=O) groups is 2. The summed E-state index contributed by atoms with van der Waals surface area (Å²) in [4.78, 5) is 21.5. The van der Waals surface area contributed by atoms with Gasteiger partial charge in [-0.1, -0.05) is 27.5 Å². The van der Waals surface area contributed by atoms with E-state index in [4.69, 9.17) is 21.1 Å². The van der Waals surface area contributed by atoms with Crippen molar-refractivity contribution in [3.8, 4) is 5.75 Å². The molecule has 1 rings (SSSR count). The normalized spacial score (nSPS) is 11.8. The van der Waals surface area contributed by atoms with Crippen LogP contribution in [0.3, 0.4) is 0 Å². The molecule has 104 valence electrons. The minimum absolute atomic E-state index is 0.197. The molecule has 0 N–H and O–H groups in total. The van der Waals surface area contributed by atoms with Crippen molar-refractivity contribution in [2.24, 2.45) is 0 Å². The average molecular weight is 350 g/mol. The molecule has 0 saturated heterocycles. The van der Waals surface area contributed by atoms with Gasteiger partial charge in [0.15, 0.2) is 6.61 Å². The molecular weight excluding hydrogens is 335 g/mol. The molecule has 6 heteroatoms. The van der Waals surface area contributed by atoms with Crippen LogP contribution >= 0.6 is 27.5 Å². The van der Waals surface area contributed by atoms with Crippen molar-refractivity contribution in [1.29, 1.82) is 0 Å². The molecular formula is C13H14BrClO4. The van der Waals surface area contributed by atoms with Gasteiger partial charge < -0.3 is 14.3 Å². The predicted octanol–water partition coefficient (Wildman–Crippen LogP) is 3.23. The topological polar surface area (TPSA) is 52.6 Å². The highest BCUT2D eigenvalue weighted by Crippen LogP contribution is 2.33. The molecule has 4 nitrogen and oxygen atoms in total. The van der Waals surface area contributed by atoms with Crippen LogP contribution in [-0.2, 0) is 14.3 Å². The van der Waals surface area contributed by atoms with E-state index in [9.17, 15) is 9.59 Å². The lowest BCUT2D eigenvalue weighted by Crippen LogP contribution is -2.14. The van der Waals surface area contributed by atoms with E-state index in [2.05, 4.69) is 15.9 Å². The van der Waals surface area contributed by atoms with Gasteiger partial charge in [0.2, 0.25) is 0 Å². The summed E-state index contributed by atoms with van der Waals surface area (Å²) in [5.41, 5.74) is 1.61. The lowest BCUT2D eigenvalue weighted by Gasteiger charge is -2.12. The number of rotatable bonds is 6. The molecule has 1 aromatic rings. The van der Waals surface area contributed by atoms with Gasteiger partial charge >= 0.3 is 5.97 Å². The Kier molecular flexibility index (Phi) is 6.31. The minimum atomic E-state index is -0.452. The number of esters is 1. The second kappa shape index (κ2) is 7.50. The fourth-order valence-electron chi connectivity index (χ4n) is 1.49. The van der Waals surface area contributed by atoms with Gasteiger partial charge in [-0.15, -0.1) is 0 Å². The zero-order valence-electron chi connectivity index (χ0n) is 10.6. The molecule has 0 aromatic heterocycles. The molecule has 0 saturated carbocycles. The number of ether oxygens (including phenoxy) is 2. The van der Waals surface area contributed by atoms with Gasteiger partial charge in [0, 0.05) is 0 Å². The molecule has 1 atom stereocenters. The average Bonchev–Trinajstić information content (AvgIpc) is 2.38. The van der Waals surface area contributed by atoms with Gasteiger partial charge in [0.1, 0.15) is 12.0 Å². The van der Waals surface area contributed by atoms with Crippen LogP contribution in [0.1, 0.15) is 22.9 Å². The zero-order valence-corrected chi connectivity index (χ0v) is 13.0. The first-order valence-electron chi connectivity index (χ1n) is 5.67. The molecule has 1 aromatic carbocycles. The maximum Gasteiger partial charge on any atom is 0.344 e. The third kappa shape index (κ3) is 4.51. The molecule has 19 heavy (non-hydrogen) atoms. The second-order valence-corrected chi connectivity index (χ2v) is 5.16. The monoisotopic (exact) mass is 348 g/mol. The Labute approximate surface area is 125 Å². The summed E-state index contributed by atoms with van der Waals surface area (Å²) in [6.45, 7) is 3.66. The van der Waals surface area contributed by atoms with E-state index in [1.807, 2.05) is 6.92 Å². The van der Waals surface area contributed by atoms with Crippen molar-refractivity contribution in [1.82, 2.24) is 0 Å². The number of halogens is 2. The second-order valence-electron chi connectivity index (χ2n) is 3.77. The van der Waals surface area contributed by atoms with E-state index in [1.54, 1.807) is 19.1 Å². The third-order valence-corrected chi connectivity index (χ3v) is 3.39. The first-order chi connectivity index (χ1) is 8.99. The fraction of sp³-hybridized carbons (Fsp3) is 0.385. The van der Waals surface area contributed by atoms with Crippen LogP contribution in [0.2, 0.25) is 5.02 Å². The summed E-state index contributed by atoms with van der Waals surface area (Å²) in [7, 11) is 0. The van der Waals surface area contributed by atoms with Crippen LogP contribution in [0.5, 0.6) is 5.75 Å². The Bertz CT molecular complexity index is 476. The van der Waals surface area contributed by atoms with E-state index in [0.29, 0.717) is 17.4 Å². The van der Waals surface area contributed by atoms with E-state index in [-0.39, 0.29) is 6.61 Å². The minimum Gasteiger partial charge on any atom is -0.480 e. The van der Waals surface area contributed by atoms with Crippen LogP contribution in [0.25, 0.3) is 0 Å². The number of aryl methyl sites for hydroxylation is 1.